The van der Waals surface area contributed by atoms with E-state index in [9.17, 15) is 20.2 Å². The Bertz CT molecular complexity index is 1030. The third-order valence-electron chi connectivity index (χ3n) is 3.75. The summed E-state index contributed by atoms with van der Waals surface area (Å²) in [5.74, 6) is 0. The lowest BCUT2D eigenvalue weighted by Gasteiger charge is -2.13. The molecule has 2 aromatic carbocycles. The van der Waals surface area contributed by atoms with Gasteiger partial charge in [0.1, 0.15) is 5.69 Å². The number of hydrogen-bond donors (Lipinski definition) is 0. The summed E-state index contributed by atoms with van der Waals surface area (Å²) < 4.78 is 0. The smallest absolute Gasteiger partial charge is 0.262 e. The van der Waals surface area contributed by atoms with E-state index in [1.54, 1.807) is 12.4 Å². The van der Waals surface area contributed by atoms with Crippen LogP contribution in [0.3, 0.4) is 0 Å². The Morgan fingerprint density at radius 2 is 1.85 bits per heavy atom. The molecule has 0 saturated heterocycles. The molecule has 0 bridgehead atoms. The molecule has 0 aliphatic carbocycles. The van der Waals surface area contributed by atoms with Crippen LogP contribution in [-0.4, -0.2) is 28.1 Å². The minimum Gasteiger partial charge on any atom is -0.262 e. The number of nitro groups is 2. The Morgan fingerprint density at radius 3 is 2.58 bits per heavy atom. The molecule has 0 aliphatic heterocycles. The lowest BCUT2D eigenvalue weighted by molar-refractivity contribution is -0.393. The monoisotopic (exact) mass is 351 g/mol. The molecule has 130 valence electrons. The van der Waals surface area contributed by atoms with Crippen molar-refractivity contribution in [1.29, 1.82) is 0 Å². The van der Waals surface area contributed by atoms with Crippen LogP contribution in [-0.2, 0) is 0 Å². The second-order valence-electron chi connectivity index (χ2n) is 5.38. The van der Waals surface area contributed by atoms with Crippen molar-refractivity contribution in [1.82, 2.24) is 4.98 Å². The van der Waals surface area contributed by atoms with Gasteiger partial charge in [-0.3, -0.25) is 30.2 Å². The maximum absolute atomic E-state index is 11.2. The van der Waals surface area contributed by atoms with Gasteiger partial charge in [0.15, 0.2) is 0 Å². The molecule has 0 amide bonds. The lowest BCUT2D eigenvalue weighted by Crippen LogP contribution is -2.11. The summed E-state index contributed by atoms with van der Waals surface area (Å²) in [5.41, 5.74) is 0.904. The Labute approximate surface area is 147 Å². The average molecular weight is 351 g/mol. The molecule has 1 heterocycles. The molecule has 9 nitrogen and oxygen atoms in total. The van der Waals surface area contributed by atoms with Crippen molar-refractivity contribution < 1.29 is 9.85 Å². The van der Waals surface area contributed by atoms with Crippen LogP contribution >= 0.6 is 0 Å². The quantitative estimate of drug-likeness (QED) is 0.394. The highest BCUT2D eigenvalue weighted by molar-refractivity contribution is 5.97. The van der Waals surface area contributed by atoms with Crippen LogP contribution in [0, 0.1) is 20.2 Å². The van der Waals surface area contributed by atoms with Crippen molar-refractivity contribution in [2.75, 3.05) is 12.1 Å². The summed E-state index contributed by atoms with van der Waals surface area (Å²) in [6, 6.07) is 12.8. The summed E-state index contributed by atoms with van der Waals surface area (Å²) in [5, 5.41) is 28.5. The number of aromatic nitrogens is 1. The molecular formula is C17H13N5O4. The standard InChI is InChI=1S/C17H13N5O4/c1-20(15-8-7-14(21(23)24)10-16(15)22(25)26)19-11-13-5-2-4-12-6-3-9-18-17(12)13/h2-11H,1H3/b19-11-. The van der Waals surface area contributed by atoms with Crippen LogP contribution < -0.4 is 5.01 Å². The summed E-state index contributed by atoms with van der Waals surface area (Å²) in [6.45, 7) is 0. The van der Waals surface area contributed by atoms with E-state index < -0.39 is 15.5 Å². The molecule has 0 radical (unpaired) electrons. The zero-order valence-electron chi connectivity index (χ0n) is 13.6. The fourth-order valence-electron chi connectivity index (χ4n) is 2.49. The van der Waals surface area contributed by atoms with Gasteiger partial charge in [0.2, 0.25) is 0 Å². The van der Waals surface area contributed by atoms with Gasteiger partial charge in [-0.05, 0) is 12.1 Å². The molecule has 0 aliphatic rings. The SMILES string of the molecule is CN(/N=C\c1cccc2cccnc12)c1ccc([N+](=O)[O-])cc1[N+](=O)[O-]. The minimum atomic E-state index is -0.679. The molecule has 0 spiro atoms. The van der Waals surface area contributed by atoms with Crippen LogP contribution in [0.15, 0.2) is 59.8 Å². The highest BCUT2D eigenvalue weighted by atomic mass is 16.6. The van der Waals surface area contributed by atoms with Gasteiger partial charge in [-0.15, -0.1) is 0 Å². The molecule has 9 heteroatoms. The van der Waals surface area contributed by atoms with E-state index in [1.807, 2.05) is 30.3 Å². The Morgan fingerprint density at radius 1 is 1.08 bits per heavy atom. The predicted octanol–water partition coefficient (Wildman–Crippen LogP) is 3.52. The minimum absolute atomic E-state index is 0.144. The van der Waals surface area contributed by atoms with Gasteiger partial charge < -0.3 is 0 Å². The number of benzene rings is 2. The maximum Gasteiger partial charge on any atom is 0.301 e. The number of nitrogens with zero attached hydrogens (tertiary/aromatic N) is 5. The molecular weight excluding hydrogens is 338 g/mol. The van der Waals surface area contributed by atoms with E-state index in [1.165, 1.54) is 24.2 Å². The van der Waals surface area contributed by atoms with Gasteiger partial charge in [-0.1, -0.05) is 24.3 Å². The van der Waals surface area contributed by atoms with E-state index in [4.69, 9.17) is 0 Å². The van der Waals surface area contributed by atoms with E-state index in [2.05, 4.69) is 10.1 Å². The number of nitro benzene ring substituents is 2. The first kappa shape index (κ1) is 17.0. The van der Waals surface area contributed by atoms with Crippen LogP contribution in [0.4, 0.5) is 17.1 Å². The highest BCUT2D eigenvalue weighted by Gasteiger charge is 2.21. The molecule has 3 aromatic rings. The zero-order chi connectivity index (χ0) is 18.7. The van der Waals surface area contributed by atoms with Gasteiger partial charge in [0.05, 0.1) is 27.6 Å². The third-order valence-corrected chi connectivity index (χ3v) is 3.75. The predicted molar refractivity (Wildman–Crippen MR) is 97.5 cm³/mol. The van der Waals surface area contributed by atoms with E-state index >= 15 is 0 Å². The summed E-state index contributed by atoms with van der Waals surface area (Å²) in [7, 11) is 1.53. The molecule has 1 aromatic heterocycles. The number of rotatable bonds is 5. The molecule has 3 rings (SSSR count). The van der Waals surface area contributed by atoms with Crippen LogP contribution in [0.2, 0.25) is 0 Å². The number of non-ortho nitro benzene ring substituents is 1. The topological polar surface area (TPSA) is 115 Å². The number of pyridine rings is 1. The average Bonchev–Trinajstić information content (AvgIpc) is 2.65. The largest absolute Gasteiger partial charge is 0.301 e. The molecule has 0 saturated carbocycles. The summed E-state index contributed by atoms with van der Waals surface area (Å²) in [4.78, 5) is 25.0. The fourth-order valence-corrected chi connectivity index (χ4v) is 2.49. The van der Waals surface area contributed by atoms with Crippen molar-refractivity contribution in [2.45, 2.75) is 0 Å². The van der Waals surface area contributed by atoms with E-state index in [0.29, 0.717) is 0 Å². The van der Waals surface area contributed by atoms with E-state index in [-0.39, 0.29) is 11.4 Å². The maximum atomic E-state index is 11.2. The number of para-hydroxylation sites is 1. The van der Waals surface area contributed by atoms with Crippen molar-refractivity contribution in [3.8, 4) is 0 Å². The first-order valence-corrected chi connectivity index (χ1v) is 7.51. The van der Waals surface area contributed by atoms with Gasteiger partial charge in [-0.25, -0.2) is 0 Å². The molecule has 0 N–H and O–H groups in total. The zero-order valence-corrected chi connectivity index (χ0v) is 13.6. The summed E-state index contributed by atoms with van der Waals surface area (Å²) in [6.07, 6.45) is 3.21. The Hall–Kier alpha value is -3.88. The Balaban J connectivity index is 1.97. The normalized spacial score (nSPS) is 11.0. The van der Waals surface area contributed by atoms with Crippen LogP contribution in [0.5, 0.6) is 0 Å². The second kappa shape index (κ2) is 6.93. The molecule has 0 atom stereocenters. The number of anilines is 1. The molecule has 26 heavy (non-hydrogen) atoms. The molecule has 0 fully saturated rings. The van der Waals surface area contributed by atoms with Gasteiger partial charge >= 0.3 is 5.69 Å². The van der Waals surface area contributed by atoms with Crippen molar-refractivity contribution >= 4 is 34.2 Å². The van der Waals surface area contributed by atoms with Crippen molar-refractivity contribution in [3.63, 3.8) is 0 Å². The molecule has 0 unspecified atom stereocenters. The highest BCUT2D eigenvalue weighted by Crippen LogP contribution is 2.31. The van der Waals surface area contributed by atoms with Gasteiger partial charge in [0, 0.05) is 30.3 Å². The first-order valence-electron chi connectivity index (χ1n) is 7.51. The summed E-state index contributed by atoms with van der Waals surface area (Å²) >= 11 is 0. The third kappa shape index (κ3) is 3.31. The van der Waals surface area contributed by atoms with Crippen molar-refractivity contribution in [3.05, 3.63) is 80.5 Å². The first-order chi connectivity index (χ1) is 12.5. The van der Waals surface area contributed by atoms with Gasteiger partial charge in [0.25, 0.3) is 5.69 Å². The number of hydrogen-bond acceptors (Lipinski definition) is 7. The van der Waals surface area contributed by atoms with E-state index in [0.717, 1.165) is 22.5 Å². The number of fused-ring (bicyclic) bond motifs is 1. The van der Waals surface area contributed by atoms with Gasteiger partial charge in [-0.2, -0.15) is 5.10 Å². The lowest BCUT2D eigenvalue weighted by atomic mass is 10.1. The van der Waals surface area contributed by atoms with Crippen LogP contribution in [0.1, 0.15) is 5.56 Å². The Kier molecular flexibility index (Phi) is 4.52. The number of hydrazone groups is 1. The van der Waals surface area contributed by atoms with Crippen LogP contribution in [0.25, 0.3) is 10.9 Å². The second-order valence-corrected chi connectivity index (χ2v) is 5.38. The fraction of sp³-hybridized carbons (Fsp3) is 0.0588. The van der Waals surface area contributed by atoms with Crippen molar-refractivity contribution in [2.24, 2.45) is 5.10 Å².